The van der Waals surface area contributed by atoms with Gasteiger partial charge in [-0.05, 0) is 30.5 Å². The largest absolute Gasteiger partial charge is 0.490 e. The second-order valence-electron chi connectivity index (χ2n) is 4.74. The summed E-state index contributed by atoms with van der Waals surface area (Å²) in [6.45, 7) is 9.55. The molecule has 0 spiro atoms. The first kappa shape index (κ1) is 14.0. The van der Waals surface area contributed by atoms with Crippen LogP contribution in [0.2, 0.25) is 0 Å². The zero-order chi connectivity index (χ0) is 12.7. The third kappa shape index (κ3) is 5.22. The Labute approximate surface area is 105 Å². The quantitative estimate of drug-likeness (QED) is 0.777. The molecule has 1 rings (SSSR count). The molecule has 2 nitrogen and oxygen atoms in total. The third-order valence-corrected chi connectivity index (χ3v) is 2.83. The van der Waals surface area contributed by atoms with Crippen LogP contribution < -0.4 is 10.1 Å². The zero-order valence-electron chi connectivity index (χ0n) is 11.5. The van der Waals surface area contributed by atoms with Crippen LogP contribution in [0.3, 0.4) is 0 Å². The van der Waals surface area contributed by atoms with Gasteiger partial charge in [-0.15, -0.1) is 0 Å². The normalized spacial score (nSPS) is 11.2. The first-order valence-corrected chi connectivity index (χ1v) is 6.64. The van der Waals surface area contributed by atoms with Gasteiger partial charge in [-0.25, -0.2) is 0 Å². The number of hydrogen-bond donors (Lipinski definition) is 1. The van der Waals surface area contributed by atoms with E-state index in [1.165, 1.54) is 5.56 Å². The summed E-state index contributed by atoms with van der Waals surface area (Å²) in [5.41, 5.74) is 1.28. The number of rotatable bonds is 7. The van der Waals surface area contributed by atoms with E-state index >= 15 is 0 Å². The maximum Gasteiger partial charge on any atom is 0.120 e. The highest BCUT2D eigenvalue weighted by atomic mass is 16.5. The fourth-order valence-corrected chi connectivity index (χ4v) is 1.70. The van der Waals surface area contributed by atoms with Gasteiger partial charge in [-0.3, -0.25) is 0 Å². The standard InChI is InChI=1S/C15H25NO/c1-5-14(6-2)17-15-9-7-8-13(10-15)11-16-12(3)4/h7-10,12,14,16H,5-6,11H2,1-4H3. The molecule has 0 saturated heterocycles. The highest BCUT2D eigenvalue weighted by Gasteiger charge is 2.05. The van der Waals surface area contributed by atoms with E-state index in [1.54, 1.807) is 0 Å². The Morgan fingerprint density at radius 3 is 2.47 bits per heavy atom. The highest BCUT2D eigenvalue weighted by Crippen LogP contribution is 2.17. The number of hydrogen-bond acceptors (Lipinski definition) is 2. The van der Waals surface area contributed by atoms with Gasteiger partial charge in [0, 0.05) is 12.6 Å². The fourth-order valence-electron chi connectivity index (χ4n) is 1.70. The second-order valence-corrected chi connectivity index (χ2v) is 4.74. The number of ether oxygens (including phenoxy) is 1. The minimum absolute atomic E-state index is 0.336. The summed E-state index contributed by atoms with van der Waals surface area (Å²) in [6, 6.07) is 8.88. The molecule has 17 heavy (non-hydrogen) atoms. The lowest BCUT2D eigenvalue weighted by atomic mass is 10.2. The van der Waals surface area contributed by atoms with E-state index in [4.69, 9.17) is 4.74 Å². The SMILES string of the molecule is CCC(CC)Oc1cccc(CNC(C)C)c1. The summed E-state index contributed by atoms with van der Waals surface area (Å²) in [5.74, 6) is 0.988. The first-order valence-electron chi connectivity index (χ1n) is 6.64. The average Bonchev–Trinajstić information content (AvgIpc) is 2.34. The molecule has 0 atom stereocenters. The van der Waals surface area contributed by atoms with Gasteiger partial charge in [0.05, 0.1) is 6.10 Å². The lowest BCUT2D eigenvalue weighted by Crippen LogP contribution is -2.21. The molecule has 1 aromatic carbocycles. The molecule has 0 aliphatic rings. The molecule has 0 aliphatic heterocycles. The fraction of sp³-hybridized carbons (Fsp3) is 0.600. The molecule has 0 fully saturated rings. The number of nitrogens with one attached hydrogen (secondary N) is 1. The predicted octanol–water partition coefficient (Wildman–Crippen LogP) is 3.75. The van der Waals surface area contributed by atoms with Gasteiger partial charge in [0.1, 0.15) is 5.75 Å². The minimum atomic E-state index is 0.336. The van der Waals surface area contributed by atoms with Crippen molar-refractivity contribution >= 4 is 0 Å². The Balaban J connectivity index is 2.58. The summed E-state index contributed by atoms with van der Waals surface area (Å²) < 4.78 is 5.93. The smallest absolute Gasteiger partial charge is 0.120 e. The molecule has 96 valence electrons. The maximum atomic E-state index is 5.93. The number of benzene rings is 1. The molecule has 2 heteroatoms. The maximum absolute atomic E-state index is 5.93. The van der Waals surface area contributed by atoms with Crippen molar-refractivity contribution in [1.29, 1.82) is 0 Å². The monoisotopic (exact) mass is 235 g/mol. The molecule has 0 unspecified atom stereocenters. The molecule has 1 aromatic rings. The molecule has 0 radical (unpaired) electrons. The van der Waals surface area contributed by atoms with Crippen molar-refractivity contribution in [3.8, 4) is 5.75 Å². The van der Waals surface area contributed by atoms with Crippen molar-refractivity contribution in [1.82, 2.24) is 5.32 Å². The van der Waals surface area contributed by atoms with Crippen molar-refractivity contribution in [2.24, 2.45) is 0 Å². The van der Waals surface area contributed by atoms with Gasteiger partial charge in [-0.2, -0.15) is 0 Å². The second kappa shape index (κ2) is 7.33. The summed E-state index contributed by atoms with van der Waals surface area (Å²) in [7, 11) is 0. The molecular formula is C15H25NO. The van der Waals surface area contributed by atoms with E-state index in [-0.39, 0.29) is 0 Å². The molecule has 0 bridgehead atoms. The van der Waals surface area contributed by atoms with Gasteiger partial charge < -0.3 is 10.1 Å². The highest BCUT2D eigenvalue weighted by molar-refractivity contribution is 5.28. The van der Waals surface area contributed by atoms with Crippen molar-refractivity contribution < 1.29 is 4.74 Å². The van der Waals surface area contributed by atoms with Gasteiger partial charge >= 0.3 is 0 Å². The topological polar surface area (TPSA) is 21.3 Å². The lowest BCUT2D eigenvalue weighted by molar-refractivity contribution is 0.192. The van der Waals surface area contributed by atoms with Crippen LogP contribution in [0.1, 0.15) is 46.1 Å². The predicted molar refractivity (Wildman–Crippen MR) is 73.4 cm³/mol. The lowest BCUT2D eigenvalue weighted by Gasteiger charge is -2.16. The minimum Gasteiger partial charge on any atom is -0.490 e. The Hall–Kier alpha value is -1.02. The van der Waals surface area contributed by atoms with Crippen LogP contribution >= 0.6 is 0 Å². The molecule has 0 heterocycles. The van der Waals surface area contributed by atoms with Crippen LogP contribution in [0.5, 0.6) is 5.75 Å². The van der Waals surface area contributed by atoms with Gasteiger partial charge in [-0.1, -0.05) is 39.8 Å². The van der Waals surface area contributed by atoms with Crippen LogP contribution in [0.4, 0.5) is 0 Å². The van der Waals surface area contributed by atoms with Crippen molar-refractivity contribution in [2.45, 2.75) is 59.2 Å². The van der Waals surface area contributed by atoms with Gasteiger partial charge in [0.2, 0.25) is 0 Å². The molecule has 0 amide bonds. The van der Waals surface area contributed by atoms with E-state index in [0.29, 0.717) is 12.1 Å². The van der Waals surface area contributed by atoms with Crippen LogP contribution in [0, 0.1) is 0 Å². The Bertz CT molecular complexity index is 318. The molecule has 0 aliphatic carbocycles. The van der Waals surface area contributed by atoms with Crippen LogP contribution in [0.25, 0.3) is 0 Å². The van der Waals surface area contributed by atoms with E-state index < -0.39 is 0 Å². The third-order valence-electron chi connectivity index (χ3n) is 2.83. The summed E-state index contributed by atoms with van der Waals surface area (Å²) in [6.07, 6.45) is 2.46. The Kier molecular flexibility index (Phi) is 6.06. The Morgan fingerprint density at radius 1 is 1.18 bits per heavy atom. The average molecular weight is 235 g/mol. The van der Waals surface area contributed by atoms with Crippen LogP contribution in [-0.4, -0.2) is 12.1 Å². The van der Waals surface area contributed by atoms with E-state index in [1.807, 2.05) is 6.07 Å². The van der Waals surface area contributed by atoms with Crippen LogP contribution in [-0.2, 0) is 6.54 Å². The molecule has 0 saturated carbocycles. The summed E-state index contributed by atoms with van der Waals surface area (Å²) >= 11 is 0. The molecular weight excluding hydrogens is 210 g/mol. The van der Waals surface area contributed by atoms with E-state index in [0.717, 1.165) is 25.1 Å². The van der Waals surface area contributed by atoms with E-state index in [2.05, 4.69) is 51.2 Å². The van der Waals surface area contributed by atoms with Crippen molar-refractivity contribution in [3.63, 3.8) is 0 Å². The van der Waals surface area contributed by atoms with Crippen LogP contribution in [0.15, 0.2) is 24.3 Å². The zero-order valence-corrected chi connectivity index (χ0v) is 11.5. The summed E-state index contributed by atoms with van der Waals surface area (Å²) in [4.78, 5) is 0. The molecule has 0 aromatic heterocycles. The Morgan fingerprint density at radius 2 is 1.88 bits per heavy atom. The van der Waals surface area contributed by atoms with Gasteiger partial charge in [0.15, 0.2) is 0 Å². The van der Waals surface area contributed by atoms with Crippen molar-refractivity contribution in [2.75, 3.05) is 0 Å². The molecule has 1 N–H and O–H groups in total. The summed E-state index contributed by atoms with van der Waals surface area (Å²) in [5, 5.41) is 3.41. The van der Waals surface area contributed by atoms with E-state index in [9.17, 15) is 0 Å². The van der Waals surface area contributed by atoms with Gasteiger partial charge in [0.25, 0.3) is 0 Å². The first-order chi connectivity index (χ1) is 8.15. The van der Waals surface area contributed by atoms with Crippen molar-refractivity contribution in [3.05, 3.63) is 29.8 Å².